The molecule has 1 heterocycles. The van der Waals surface area contributed by atoms with E-state index in [9.17, 15) is 18.7 Å². The second kappa shape index (κ2) is 10.2. The first-order valence-corrected chi connectivity index (χ1v) is 11.7. The molecular formula is C24H28F4O2S. The smallest absolute Gasteiger partial charge is 0.335 e. The lowest BCUT2D eigenvalue weighted by Crippen LogP contribution is -2.50. The molecule has 1 aliphatic carbocycles. The minimum Gasteiger partial charge on any atom is -0.478 e. The van der Waals surface area contributed by atoms with Gasteiger partial charge in [0, 0.05) is 10.4 Å². The van der Waals surface area contributed by atoms with Gasteiger partial charge in [-0.25, -0.2) is 22.4 Å². The summed E-state index contributed by atoms with van der Waals surface area (Å²) in [6, 6.07) is 7.18. The van der Waals surface area contributed by atoms with Crippen molar-refractivity contribution in [1.82, 2.24) is 0 Å². The van der Waals surface area contributed by atoms with Gasteiger partial charge in [0.05, 0.1) is 11.0 Å². The summed E-state index contributed by atoms with van der Waals surface area (Å²) >= 11 is 0.950. The average molecular weight is 457 g/mol. The molecule has 170 valence electrons. The van der Waals surface area contributed by atoms with Gasteiger partial charge in [-0.2, -0.15) is 0 Å². The Labute approximate surface area is 184 Å². The highest BCUT2D eigenvalue weighted by molar-refractivity contribution is 7.10. The fraction of sp³-hybridized carbons (Fsp3) is 0.542. The minimum absolute atomic E-state index is 0.120. The maximum atomic E-state index is 16.0. The molecule has 1 aromatic heterocycles. The molecule has 1 fully saturated rings. The summed E-state index contributed by atoms with van der Waals surface area (Å²) in [6.07, 6.45) is -1.51. The molecule has 0 saturated heterocycles. The Hall–Kier alpha value is -1.89. The van der Waals surface area contributed by atoms with Crippen LogP contribution in [0.4, 0.5) is 17.6 Å². The summed E-state index contributed by atoms with van der Waals surface area (Å²) in [4.78, 5) is 12.1. The largest absolute Gasteiger partial charge is 0.478 e. The van der Waals surface area contributed by atoms with Crippen molar-refractivity contribution in [2.75, 3.05) is 0 Å². The van der Waals surface area contributed by atoms with E-state index in [1.54, 1.807) is 6.07 Å². The Morgan fingerprint density at radius 2 is 1.97 bits per heavy atom. The van der Waals surface area contributed by atoms with Crippen molar-refractivity contribution in [2.45, 2.75) is 76.1 Å². The van der Waals surface area contributed by atoms with Crippen LogP contribution in [-0.2, 0) is 5.41 Å². The Kier molecular flexibility index (Phi) is 7.78. The number of carboxylic acids is 1. The van der Waals surface area contributed by atoms with Crippen LogP contribution < -0.4 is 0 Å². The summed E-state index contributed by atoms with van der Waals surface area (Å²) < 4.78 is 58.0. The van der Waals surface area contributed by atoms with E-state index in [0.29, 0.717) is 12.8 Å². The topological polar surface area (TPSA) is 37.3 Å². The Morgan fingerprint density at radius 1 is 1.23 bits per heavy atom. The van der Waals surface area contributed by atoms with Gasteiger partial charge in [0.2, 0.25) is 0 Å². The van der Waals surface area contributed by atoms with Gasteiger partial charge in [-0.15, -0.1) is 11.3 Å². The summed E-state index contributed by atoms with van der Waals surface area (Å²) in [5, 5.41) is 10.9. The van der Waals surface area contributed by atoms with Gasteiger partial charge in [-0.1, -0.05) is 50.8 Å². The summed E-state index contributed by atoms with van der Waals surface area (Å²) in [6.45, 7) is 2.08. The van der Waals surface area contributed by atoms with E-state index in [4.69, 9.17) is 0 Å². The number of carbonyl (C=O) groups is 1. The lowest BCUT2D eigenvalue weighted by Gasteiger charge is -2.45. The molecule has 3 rings (SSSR count). The third-order valence-electron chi connectivity index (χ3n) is 6.49. The number of carboxylic acid groups (broad SMARTS) is 1. The van der Waals surface area contributed by atoms with E-state index in [-0.39, 0.29) is 28.0 Å². The molecule has 1 aromatic carbocycles. The van der Waals surface area contributed by atoms with Gasteiger partial charge >= 0.3 is 5.97 Å². The van der Waals surface area contributed by atoms with Crippen LogP contribution in [0.15, 0.2) is 35.7 Å². The number of thiophene rings is 1. The maximum absolute atomic E-state index is 16.0. The normalized spacial score (nSPS) is 26.3. The van der Waals surface area contributed by atoms with Crippen LogP contribution in [0.25, 0.3) is 0 Å². The first-order valence-electron chi connectivity index (χ1n) is 10.8. The number of benzene rings is 1. The van der Waals surface area contributed by atoms with Crippen LogP contribution in [0.5, 0.6) is 0 Å². The zero-order valence-electron chi connectivity index (χ0n) is 17.5. The van der Waals surface area contributed by atoms with E-state index in [0.717, 1.165) is 37.0 Å². The number of alkyl halides is 4. The molecule has 1 aliphatic rings. The van der Waals surface area contributed by atoms with Crippen LogP contribution in [0, 0.1) is 5.92 Å². The predicted octanol–water partition coefficient (Wildman–Crippen LogP) is 7.73. The lowest BCUT2D eigenvalue weighted by atomic mass is 9.62. The van der Waals surface area contributed by atoms with Crippen LogP contribution >= 0.6 is 11.3 Å². The van der Waals surface area contributed by atoms with Crippen molar-refractivity contribution < 1.29 is 27.5 Å². The first-order chi connectivity index (χ1) is 14.8. The Balaban J connectivity index is 2.03. The van der Waals surface area contributed by atoms with Crippen molar-refractivity contribution in [1.29, 1.82) is 0 Å². The zero-order chi connectivity index (χ0) is 22.6. The number of aromatic carboxylic acids is 1. The van der Waals surface area contributed by atoms with Crippen molar-refractivity contribution >= 4 is 17.3 Å². The second-order valence-corrected chi connectivity index (χ2v) is 9.27. The van der Waals surface area contributed by atoms with Crippen LogP contribution in [-0.4, -0.2) is 23.4 Å². The number of hydrogen-bond donors (Lipinski definition) is 1. The highest BCUT2D eigenvalue weighted by Crippen LogP contribution is 2.53. The van der Waals surface area contributed by atoms with E-state index >= 15 is 8.78 Å². The minimum atomic E-state index is -2.73. The fourth-order valence-electron chi connectivity index (χ4n) is 4.79. The zero-order valence-corrected chi connectivity index (χ0v) is 18.3. The maximum Gasteiger partial charge on any atom is 0.335 e. The SMILES string of the molecule is CCCCCCC1CCC(c2cc(C(F)F)cs2)(c2ccccc2C(=O)O)C(F)C1F. The molecule has 0 radical (unpaired) electrons. The van der Waals surface area contributed by atoms with Gasteiger partial charge in [0.15, 0.2) is 0 Å². The molecular weight excluding hydrogens is 428 g/mol. The van der Waals surface area contributed by atoms with E-state index in [2.05, 4.69) is 6.92 Å². The Bertz CT molecular complexity index is 884. The number of halogens is 4. The predicted molar refractivity (Wildman–Crippen MR) is 115 cm³/mol. The van der Waals surface area contributed by atoms with Gasteiger partial charge in [-0.05, 0) is 48.3 Å². The molecule has 0 bridgehead atoms. The average Bonchev–Trinajstić information content (AvgIpc) is 3.25. The Morgan fingerprint density at radius 3 is 2.61 bits per heavy atom. The molecule has 1 saturated carbocycles. The molecule has 31 heavy (non-hydrogen) atoms. The quantitative estimate of drug-likeness (QED) is 0.310. The monoisotopic (exact) mass is 456 g/mol. The first kappa shape index (κ1) is 23.8. The third kappa shape index (κ3) is 4.66. The lowest BCUT2D eigenvalue weighted by molar-refractivity contribution is 0.0149. The van der Waals surface area contributed by atoms with E-state index in [1.807, 2.05) is 0 Å². The molecule has 4 unspecified atom stereocenters. The third-order valence-corrected chi connectivity index (χ3v) is 7.61. The van der Waals surface area contributed by atoms with Crippen LogP contribution in [0.3, 0.4) is 0 Å². The molecule has 1 N–H and O–H groups in total. The second-order valence-electron chi connectivity index (χ2n) is 8.36. The van der Waals surface area contributed by atoms with Crippen molar-refractivity contribution in [3.63, 3.8) is 0 Å². The highest BCUT2D eigenvalue weighted by Gasteiger charge is 2.54. The molecule has 0 aliphatic heterocycles. The van der Waals surface area contributed by atoms with Crippen molar-refractivity contribution in [3.05, 3.63) is 57.3 Å². The van der Waals surface area contributed by atoms with Gasteiger partial charge in [0.25, 0.3) is 6.43 Å². The summed E-state index contributed by atoms with van der Waals surface area (Å²) in [7, 11) is 0. The number of rotatable bonds is 9. The molecule has 0 spiro atoms. The van der Waals surface area contributed by atoms with Crippen molar-refractivity contribution in [2.24, 2.45) is 5.92 Å². The van der Waals surface area contributed by atoms with Gasteiger partial charge in [-0.3, -0.25) is 0 Å². The number of unbranched alkanes of at least 4 members (excludes halogenated alkanes) is 3. The van der Waals surface area contributed by atoms with Gasteiger partial charge in [0.1, 0.15) is 12.3 Å². The molecule has 7 heteroatoms. The summed E-state index contributed by atoms with van der Waals surface area (Å²) in [5.74, 6) is -1.70. The summed E-state index contributed by atoms with van der Waals surface area (Å²) in [5.41, 5.74) is -1.81. The van der Waals surface area contributed by atoms with E-state index in [1.165, 1.54) is 29.6 Å². The fourth-order valence-corrected chi connectivity index (χ4v) is 5.96. The van der Waals surface area contributed by atoms with Gasteiger partial charge < -0.3 is 5.11 Å². The molecule has 4 atom stereocenters. The molecule has 2 aromatic rings. The van der Waals surface area contributed by atoms with Crippen LogP contribution in [0.1, 0.15) is 84.7 Å². The molecule has 2 nitrogen and oxygen atoms in total. The van der Waals surface area contributed by atoms with Crippen molar-refractivity contribution in [3.8, 4) is 0 Å². The highest BCUT2D eigenvalue weighted by atomic mass is 32.1. The standard InChI is InChI=1S/C24H28F4O2S/c1-2-3-4-5-8-15-11-12-24(21(26)20(15)25,19-13-16(14-31-19)22(27)28)18-10-7-6-9-17(18)23(29)30/h6-7,9-10,13-15,20-22H,2-5,8,11-12H2,1H3,(H,29,30). The number of hydrogen-bond acceptors (Lipinski definition) is 2. The van der Waals surface area contributed by atoms with E-state index < -0.39 is 36.1 Å². The molecule has 0 amide bonds. The van der Waals surface area contributed by atoms with Crippen LogP contribution in [0.2, 0.25) is 0 Å².